The van der Waals surface area contributed by atoms with Gasteiger partial charge in [-0.05, 0) is 74.0 Å². The second-order valence-electron chi connectivity index (χ2n) is 7.55. The van der Waals surface area contributed by atoms with Crippen LogP contribution in [0.4, 0.5) is 5.69 Å². The molecule has 0 spiro atoms. The van der Waals surface area contributed by atoms with Crippen molar-refractivity contribution in [1.29, 1.82) is 0 Å². The normalized spacial score (nSPS) is 36.7. The number of rotatable bonds is 3. The van der Waals surface area contributed by atoms with Crippen LogP contribution in [-0.2, 0) is 11.3 Å². The Hall–Kier alpha value is -1.35. The van der Waals surface area contributed by atoms with Gasteiger partial charge in [-0.15, -0.1) is 0 Å². The van der Waals surface area contributed by atoms with E-state index in [-0.39, 0.29) is 11.3 Å². The van der Waals surface area contributed by atoms with Crippen LogP contribution in [0.3, 0.4) is 0 Å². The van der Waals surface area contributed by atoms with E-state index in [4.69, 9.17) is 5.73 Å². The molecular weight excluding hydrogens is 260 g/mol. The van der Waals surface area contributed by atoms with Gasteiger partial charge < -0.3 is 11.1 Å². The standard InChI is InChI=1S/C18H24N2O/c19-11-12-1-3-16(4-2-12)20-17(21)18-8-13-5-14(9-18)7-15(6-13)10-18/h1-4,13-15H,5-11,19H2,(H,20,21). The Kier molecular flexibility index (Phi) is 3.07. The molecule has 4 bridgehead atoms. The van der Waals surface area contributed by atoms with Gasteiger partial charge >= 0.3 is 0 Å². The highest BCUT2D eigenvalue weighted by Gasteiger charge is 2.54. The number of nitrogens with one attached hydrogen (secondary N) is 1. The first-order chi connectivity index (χ1) is 10.2. The lowest BCUT2D eigenvalue weighted by atomic mass is 9.49. The largest absolute Gasteiger partial charge is 0.326 e. The van der Waals surface area contributed by atoms with Gasteiger partial charge in [0.1, 0.15) is 0 Å². The second kappa shape index (κ2) is 4.84. The first-order valence-electron chi connectivity index (χ1n) is 8.27. The van der Waals surface area contributed by atoms with Crippen molar-refractivity contribution in [2.24, 2.45) is 28.9 Å². The van der Waals surface area contributed by atoms with Crippen molar-refractivity contribution in [2.75, 3.05) is 5.32 Å². The maximum Gasteiger partial charge on any atom is 0.230 e. The Balaban J connectivity index is 1.51. The van der Waals surface area contributed by atoms with Crippen molar-refractivity contribution in [3.8, 4) is 0 Å². The fourth-order valence-corrected chi connectivity index (χ4v) is 5.38. The highest BCUT2D eigenvalue weighted by atomic mass is 16.2. The predicted octanol–water partition coefficient (Wildman–Crippen LogP) is 3.30. The number of hydrogen-bond acceptors (Lipinski definition) is 2. The molecule has 4 aliphatic carbocycles. The molecule has 0 aliphatic heterocycles. The molecule has 0 atom stereocenters. The number of carbonyl (C=O) groups is 1. The summed E-state index contributed by atoms with van der Waals surface area (Å²) in [5.74, 6) is 2.69. The Bertz CT molecular complexity index is 514. The van der Waals surface area contributed by atoms with Crippen LogP contribution < -0.4 is 11.1 Å². The molecule has 1 aromatic carbocycles. The van der Waals surface area contributed by atoms with Crippen LogP contribution in [0.2, 0.25) is 0 Å². The van der Waals surface area contributed by atoms with E-state index in [0.717, 1.165) is 48.3 Å². The molecule has 0 unspecified atom stereocenters. The predicted molar refractivity (Wildman–Crippen MR) is 83.6 cm³/mol. The third-order valence-corrected chi connectivity index (χ3v) is 5.97. The lowest BCUT2D eigenvalue weighted by Gasteiger charge is -2.55. The Morgan fingerprint density at radius 2 is 1.57 bits per heavy atom. The van der Waals surface area contributed by atoms with E-state index in [1.54, 1.807) is 0 Å². The third kappa shape index (κ3) is 2.28. The van der Waals surface area contributed by atoms with Crippen LogP contribution in [0.1, 0.15) is 44.1 Å². The molecule has 1 amide bonds. The molecule has 3 nitrogen and oxygen atoms in total. The average molecular weight is 284 g/mol. The maximum atomic E-state index is 12.9. The summed E-state index contributed by atoms with van der Waals surface area (Å²) in [7, 11) is 0. The fourth-order valence-electron chi connectivity index (χ4n) is 5.38. The van der Waals surface area contributed by atoms with Gasteiger partial charge in [0, 0.05) is 12.2 Å². The summed E-state index contributed by atoms with van der Waals surface area (Å²) in [6, 6.07) is 7.94. The smallest absolute Gasteiger partial charge is 0.230 e. The van der Waals surface area contributed by atoms with E-state index in [9.17, 15) is 4.79 Å². The van der Waals surface area contributed by atoms with E-state index in [1.807, 2.05) is 24.3 Å². The molecule has 1 aromatic rings. The number of nitrogens with two attached hydrogens (primary N) is 1. The van der Waals surface area contributed by atoms with Gasteiger partial charge in [-0.2, -0.15) is 0 Å². The number of amides is 1. The molecule has 3 N–H and O–H groups in total. The molecule has 0 radical (unpaired) electrons. The minimum Gasteiger partial charge on any atom is -0.326 e. The number of anilines is 1. The van der Waals surface area contributed by atoms with E-state index in [1.165, 1.54) is 19.3 Å². The molecule has 112 valence electrons. The van der Waals surface area contributed by atoms with Crippen LogP contribution in [0.25, 0.3) is 0 Å². The van der Waals surface area contributed by atoms with Crippen LogP contribution >= 0.6 is 0 Å². The molecule has 0 saturated heterocycles. The summed E-state index contributed by atoms with van der Waals surface area (Å²) in [5, 5.41) is 3.17. The van der Waals surface area contributed by atoms with Crippen molar-refractivity contribution in [3.63, 3.8) is 0 Å². The molecule has 21 heavy (non-hydrogen) atoms. The minimum atomic E-state index is -0.0682. The van der Waals surface area contributed by atoms with E-state index >= 15 is 0 Å². The number of benzene rings is 1. The van der Waals surface area contributed by atoms with Crippen LogP contribution in [-0.4, -0.2) is 5.91 Å². The number of carbonyl (C=O) groups excluding carboxylic acids is 1. The van der Waals surface area contributed by atoms with Crippen molar-refractivity contribution in [3.05, 3.63) is 29.8 Å². The summed E-state index contributed by atoms with van der Waals surface area (Å²) in [6.07, 6.45) is 7.47. The van der Waals surface area contributed by atoms with Gasteiger partial charge in [0.25, 0.3) is 0 Å². The zero-order valence-corrected chi connectivity index (χ0v) is 12.5. The molecule has 0 aromatic heterocycles. The lowest BCUT2D eigenvalue weighted by Crippen LogP contribution is -2.51. The monoisotopic (exact) mass is 284 g/mol. The molecule has 4 saturated carbocycles. The highest BCUT2D eigenvalue weighted by Crippen LogP contribution is 2.60. The Labute approximate surface area is 126 Å². The van der Waals surface area contributed by atoms with Crippen molar-refractivity contribution in [2.45, 2.75) is 45.1 Å². The first-order valence-corrected chi connectivity index (χ1v) is 8.27. The molecule has 4 fully saturated rings. The second-order valence-corrected chi connectivity index (χ2v) is 7.55. The average Bonchev–Trinajstić information content (AvgIpc) is 2.46. The zero-order valence-electron chi connectivity index (χ0n) is 12.5. The van der Waals surface area contributed by atoms with Crippen molar-refractivity contribution in [1.82, 2.24) is 0 Å². The topological polar surface area (TPSA) is 55.1 Å². The van der Waals surface area contributed by atoms with Gasteiger partial charge in [-0.1, -0.05) is 12.1 Å². The summed E-state index contributed by atoms with van der Waals surface area (Å²) in [5.41, 5.74) is 7.56. The van der Waals surface area contributed by atoms with Crippen LogP contribution in [0.15, 0.2) is 24.3 Å². The number of hydrogen-bond donors (Lipinski definition) is 2. The first kappa shape index (κ1) is 13.3. The van der Waals surface area contributed by atoms with Crippen molar-refractivity contribution >= 4 is 11.6 Å². The highest BCUT2D eigenvalue weighted by molar-refractivity contribution is 5.95. The van der Waals surface area contributed by atoms with Gasteiger partial charge in [0.2, 0.25) is 5.91 Å². The van der Waals surface area contributed by atoms with Crippen LogP contribution in [0.5, 0.6) is 0 Å². The molecule has 0 heterocycles. The summed E-state index contributed by atoms with van der Waals surface area (Å²) < 4.78 is 0. The SMILES string of the molecule is NCc1ccc(NC(=O)C23CC4CC(CC(C4)C2)C3)cc1. The summed E-state index contributed by atoms with van der Waals surface area (Å²) in [4.78, 5) is 12.9. The van der Waals surface area contributed by atoms with Gasteiger partial charge in [0.05, 0.1) is 5.41 Å². The van der Waals surface area contributed by atoms with E-state index in [2.05, 4.69) is 5.32 Å². The summed E-state index contributed by atoms with van der Waals surface area (Å²) >= 11 is 0. The van der Waals surface area contributed by atoms with Gasteiger partial charge in [0.15, 0.2) is 0 Å². The third-order valence-electron chi connectivity index (χ3n) is 5.97. The van der Waals surface area contributed by atoms with E-state index in [0.29, 0.717) is 6.54 Å². The zero-order chi connectivity index (χ0) is 14.4. The molecule has 4 aliphatic rings. The molecule has 3 heteroatoms. The quantitative estimate of drug-likeness (QED) is 0.894. The lowest BCUT2D eigenvalue weighted by molar-refractivity contribution is -0.140. The Morgan fingerprint density at radius 1 is 1.05 bits per heavy atom. The molecule has 5 rings (SSSR count). The minimum absolute atomic E-state index is 0.0682. The van der Waals surface area contributed by atoms with Gasteiger partial charge in [-0.3, -0.25) is 4.79 Å². The van der Waals surface area contributed by atoms with Crippen molar-refractivity contribution < 1.29 is 4.79 Å². The maximum absolute atomic E-state index is 12.9. The molecular formula is C18H24N2O. The van der Waals surface area contributed by atoms with E-state index < -0.39 is 0 Å². The fraction of sp³-hybridized carbons (Fsp3) is 0.611. The van der Waals surface area contributed by atoms with Gasteiger partial charge in [-0.25, -0.2) is 0 Å². The Morgan fingerprint density at radius 3 is 2.05 bits per heavy atom. The van der Waals surface area contributed by atoms with Crippen LogP contribution in [0, 0.1) is 23.2 Å². The summed E-state index contributed by atoms with van der Waals surface area (Å²) in [6.45, 7) is 0.545.